The summed E-state index contributed by atoms with van der Waals surface area (Å²) in [5, 5.41) is 7.33. The molecule has 20 heavy (non-hydrogen) atoms. The Labute approximate surface area is 116 Å². The molecule has 7 nitrogen and oxygen atoms in total. The fraction of sp³-hybridized carbons (Fsp3) is 0.500. The Morgan fingerprint density at radius 1 is 1.30 bits per heavy atom. The van der Waals surface area contributed by atoms with E-state index in [0.717, 1.165) is 25.7 Å². The first-order chi connectivity index (χ1) is 9.56. The van der Waals surface area contributed by atoms with Crippen LogP contribution < -0.4 is 10.5 Å². The zero-order valence-electron chi connectivity index (χ0n) is 10.9. The van der Waals surface area contributed by atoms with E-state index >= 15 is 0 Å². The maximum absolute atomic E-state index is 12.6. The molecule has 3 N–H and O–H groups in total. The van der Waals surface area contributed by atoms with E-state index in [2.05, 4.69) is 19.7 Å². The van der Waals surface area contributed by atoms with Gasteiger partial charge in [-0.3, -0.25) is 0 Å². The third-order valence-corrected chi connectivity index (χ3v) is 5.45. The van der Waals surface area contributed by atoms with E-state index in [1.54, 1.807) is 12.1 Å². The van der Waals surface area contributed by atoms with E-state index in [4.69, 9.17) is 5.73 Å². The summed E-state index contributed by atoms with van der Waals surface area (Å²) in [4.78, 5) is 0.0796. The summed E-state index contributed by atoms with van der Waals surface area (Å²) in [6.07, 6.45) is 3.48. The third kappa shape index (κ3) is 2.19. The summed E-state index contributed by atoms with van der Waals surface area (Å²) in [7, 11) is -3.70. The fourth-order valence-corrected chi connectivity index (χ4v) is 4.36. The molecule has 1 aromatic carbocycles. The molecule has 1 saturated carbocycles. The molecule has 1 aliphatic carbocycles. The van der Waals surface area contributed by atoms with Crippen molar-refractivity contribution in [2.75, 3.05) is 6.54 Å². The number of benzene rings is 1. The zero-order valence-corrected chi connectivity index (χ0v) is 11.7. The van der Waals surface area contributed by atoms with Gasteiger partial charge >= 0.3 is 0 Å². The minimum absolute atomic E-state index is 0.0796. The van der Waals surface area contributed by atoms with Crippen LogP contribution >= 0.6 is 0 Å². The van der Waals surface area contributed by atoms with Crippen molar-refractivity contribution >= 4 is 21.1 Å². The number of fused-ring (bicyclic) bond motifs is 1. The van der Waals surface area contributed by atoms with Crippen molar-refractivity contribution in [3.63, 3.8) is 0 Å². The van der Waals surface area contributed by atoms with Gasteiger partial charge in [0.1, 0.15) is 10.4 Å². The van der Waals surface area contributed by atoms with E-state index in [1.165, 1.54) is 6.07 Å². The second kappa shape index (κ2) is 4.80. The normalized spacial score (nSPS) is 18.6. The first-order valence-electron chi connectivity index (χ1n) is 6.52. The van der Waals surface area contributed by atoms with Crippen LogP contribution in [0.4, 0.5) is 0 Å². The van der Waals surface area contributed by atoms with E-state index < -0.39 is 15.6 Å². The Bertz CT molecular complexity index is 719. The van der Waals surface area contributed by atoms with Crippen LogP contribution in [0.3, 0.4) is 0 Å². The van der Waals surface area contributed by atoms with E-state index in [9.17, 15) is 8.42 Å². The molecule has 1 aliphatic rings. The quantitative estimate of drug-likeness (QED) is 0.862. The number of hydrogen-bond acceptors (Lipinski definition) is 6. The van der Waals surface area contributed by atoms with Crippen molar-refractivity contribution < 1.29 is 13.0 Å². The van der Waals surface area contributed by atoms with E-state index in [0.29, 0.717) is 12.1 Å². The van der Waals surface area contributed by atoms with Crippen LogP contribution in [-0.4, -0.2) is 30.8 Å². The van der Waals surface area contributed by atoms with Gasteiger partial charge in [-0.15, -0.1) is 0 Å². The zero-order chi connectivity index (χ0) is 14.2. The van der Waals surface area contributed by atoms with Crippen molar-refractivity contribution in [2.45, 2.75) is 36.1 Å². The molecule has 2 aromatic rings. The Hall–Kier alpha value is -1.51. The predicted octanol–water partition coefficient (Wildman–Crippen LogP) is 0.773. The topological polar surface area (TPSA) is 111 Å². The molecule has 8 heteroatoms. The summed E-state index contributed by atoms with van der Waals surface area (Å²) in [6, 6.07) is 4.76. The average molecular weight is 296 g/mol. The summed E-state index contributed by atoms with van der Waals surface area (Å²) >= 11 is 0. The number of rotatable bonds is 4. The van der Waals surface area contributed by atoms with Crippen LogP contribution in [0.1, 0.15) is 25.7 Å². The van der Waals surface area contributed by atoms with Gasteiger partial charge < -0.3 is 5.73 Å². The Morgan fingerprint density at radius 3 is 2.75 bits per heavy atom. The van der Waals surface area contributed by atoms with Crippen LogP contribution in [-0.2, 0) is 10.0 Å². The average Bonchev–Trinajstić information content (AvgIpc) is 3.06. The Morgan fingerprint density at radius 2 is 2.05 bits per heavy atom. The lowest BCUT2D eigenvalue weighted by molar-refractivity contribution is 0.315. The maximum Gasteiger partial charge on any atom is 0.243 e. The monoisotopic (exact) mass is 296 g/mol. The van der Waals surface area contributed by atoms with Gasteiger partial charge in [-0.2, -0.15) is 0 Å². The molecular formula is C12H16N4O3S. The lowest BCUT2D eigenvalue weighted by Crippen LogP contribution is -2.51. The predicted molar refractivity (Wildman–Crippen MR) is 72.4 cm³/mol. The van der Waals surface area contributed by atoms with E-state index in [-0.39, 0.29) is 10.4 Å². The SMILES string of the molecule is NCC1(NS(=O)(=O)c2cccc3nonc23)CCCC1. The van der Waals surface area contributed by atoms with Crippen molar-refractivity contribution in [2.24, 2.45) is 5.73 Å². The lowest BCUT2D eigenvalue weighted by Gasteiger charge is -2.28. The molecule has 3 rings (SSSR count). The number of nitrogens with two attached hydrogens (primary N) is 1. The minimum Gasteiger partial charge on any atom is -0.329 e. The summed E-state index contributed by atoms with van der Waals surface area (Å²) in [5.41, 5.74) is 5.89. The van der Waals surface area contributed by atoms with E-state index in [1.807, 2.05) is 0 Å². The fourth-order valence-electron chi connectivity index (χ4n) is 2.74. The Kier molecular flexibility index (Phi) is 3.23. The van der Waals surface area contributed by atoms with Crippen LogP contribution in [0.5, 0.6) is 0 Å². The van der Waals surface area contributed by atoms with Crippen molar-refractivity contribution in [3.8, 4) is 0 Å². The highest BCUT2D eigenvalue weighted by Gasteiger charge is 2.37. The molecule has 0 saturated heterocycles. The highest BCUT2D eigenvalue weighted by Crippen LogP contribution is 2.31. The number of aromatic nitrogens is 2. The maximum atomic E-state index is 12.6. The minimum atomic E-state index is -3.70. The molecule has 0 radical (unpaired) electrons. The van der Waals surface area contributed by atoms with Gasteiger partial charge in [-0.05, 0) is 35.3 Å². The van der Waals surface area contributed by atoms with Crippen LogP contribution in [0.25, 0.3) is 11.0 Å². The van der Waals surface area contributed by atoms with Gasteiger partial charge in [0.15, 0.2) is 5.52 Å². The number of sulfonamides is 1. The molecule has 1 heterocycles. The summed E-state index contributed by atoms with van der Waals surface area (Å²) in [5.74, 6) is 0. The number of hydrogen-bond donors (Lipinski definition) is 2. The van der Waals surface area contributed by atoms with Gasteiger partial charge in [0.05, 0.1) is 0 Å². The standard InChI is InChI=1S/C12H16N4O3S/c13-8-12(6-1-2-7-12)16-20(17,18)10-5-3-4-9-11(10)15-19-14-9/h3-5,16H,1-2,6-8,13H2. The Balaban J connectivity index is 2.02. The smallest absolute Gasteiger partial charge is 0.243 e. The highest BCUT2D eigenvalue weighted by atomic mass is 32.2. The summed E-state index contributed by atoms with van der Waals surface area (Å²) in [6.45, 7) is 0.291. The van der Waals surface area contributed by atoms with Crippen LogP contribution in [0, 0.1) is 0 Å². The van der Waals surface area contributed by atoms with Crippen LogP contribution in [0.2, 0.25) is 0 Å². The van der Waals surface area contributed by atoms with Crippen molar-refractivity contribution in [1.29, 1.82) is 0 Å². The second-order valence-corrected chi connectivity index (χ2v) is 6.84. The molecule has 0 atom stereocenters. The van der Waals surface area contributed by atoms with Gasteiger partial charge in [-0.25, -0.2) is 17.8 Å². The highest BCUT2D eigenvalue weighted by molar-refractivity contribution is 7.89. The first kappa shape index (κ1) is 13.5. The van der Waals surface area contributed by atoms with Gasteiger partial charge in [0, 0.05) is 12.1 Å². The van der Waals surface area contributed by atoms with Crippen LogP contribution in [0.15, 0.2) is 27.7 Å². The van der Waals surface area contributed by atoms with Gasteiger partial charge in [0.25, 0.3) is 0 Å². The van der Waals surface area contributed by atoms with Crippen molar-refractivity contribution in [3.05, 3.63) is 18.2 Å². The largest absolute Gasteiger partial charge is 0.329 e. The molecule has 0 aliphatic heterocycles. The number of nitrogens with one attached hydrogen (secondary N) is 1. The third-order valence-electron chi connectivity index (χ3n) is 3.84. The molecule has 108 valence electrons. The molecule has 1 aromatic heterocycles. The summed E-state index contributed by atoms with van der Waals surface area (Å²) < 4.78 is 32.5. The van der Waals surface area contributed by atoms with Gasteiger partial charge in [-0.1, -0.05) is 18.9 Å². The van der Waals surface area contributed by atoms with Gasteiger partial charge in [0.2, 0.25) is 10.0 Å². The molecule has 0 spiro atoms. The molecule has 0 unspecified atom stereocenters. The first-order valence-corrected chi connectivity index (χ1v) is 8.00. The molecule has 0 bridgehead atoms. The number of nitrogens with zero attached hydrogens (tertiary/aromatic N) is 2. The molecular weight excluding hydrogens is 280 g/mol. The van der Waals surface area contributed by atoms with Crippen molar-refractivity contribution in [1.82, 2.24) is 15.0 Å². The molecule has 0 amide bonds. The second-order valence-electron chi connectivity index (χ2n) is 5.19. The lowest BCUT2D eigenvalue weighted by atomic mass is 10.0. The molecule has 1 fully saturated rings.